The summed E-state index contributed by atoms with van der Waals surface area (Å²) >= 11 is 5.95. The molecule has 1 N–H and O–H groups in total. The summed E-state index contributed by atoms with van der Waals surface area (Å²) in [5, 5.41) is 3.54. The van der Waals surface area contributed by atoms with E-state index >= 15 is 0 Å². The molecule has 0 bridgehead atoms. The zero-order valence-electron chi connectivity index (χ0n) is 9.53. The Kier molecular flexibility index (Phi) is 3.86. The van der Waals surface area contributed by atoms with Crippen LogP contribution < -0.4 is 10.1 Å². The minimum absolute atomic E-state index is 0.0555. The highest BCUT2D eigenvalue weighted by Gasteiger charge is 2.23. The number of nitrogens with one attached hydrogen (secondary N) is 1. The van der Waals surface area contributed by atoms with Crippen LogP contribution in [0.15, 0.2) is 18.2 Å². The molecule has 1 unspecified atom stereocenters. The molecule has 0 aliphatic carbocycles. The summed E-state index contributed by atoms with van der Waals surface area (Å²) in [4.78, 5) is 11.5. The minimum Gasteiger partial charge on any atom is -0.493 e. The number of ether oxygens (including phenoxy) is 2. The maximum absolute atomic E-state index is 11.5. The number of rotatable bonds is 3. The highest BCUT2D eigenvalue weighted by molar-refractivity contribution is 6.30. The Morgan fingerprint density at radius 3 is 3.24 bits per heavy atom. The highest BCUT2D eigenvalue weighted by Crippen LogP contribution is 2.33. The molecule has 0 fully saturated rings. The Labute approximate surface area is 105 Å². The van der Waals surface area contributed by atoms with Crippen molar-refractivity contribution in [3.8, 4) is 5.75 Å². The van der Waals surface area contributed by atoms with Gasteiger partial charge in [-0.2, -0.15) is 0 Å². The van der Waals surface area contributed by atoms with E-state index in [2.05, 4.69) is 5.32 Å². The molecular formula is C12H14ClNO3. The molecule has 1 aromatic rings. The Morgan fingerprint density at radius 1 is 1.65 bits per heavy atom. The van der Waals surface area contributed by atoms with E-state index in [-0.39, 0.29) is 18.6 Å². The third kappa shape index (κ3) is 2.90. The van der Waals surface area contributed by atoms with E-state index < -0.39 is 0 Å². The predicted octanol–water partition coefficient (Wildman–Crippen LogP) is 1.93. The average Bonchev–Trinajstić information content (AvgIpc) is 2.30. The first-order valence-corrected chi connectivity index (χ1v) is 5.79. The molecule has 0 spiro atoms. The molecule has 4 nitrogen and oxygen atoms in total. The van der Waals surface area contributed by atoms with Gasteiger partial charge in [-0.1, -0.05) is 11.6 Å². The average molecular weight is 256 g/mol. The van der Waals surface area contributed by atoms with Gasteiger partial charge in [0.2, 0.25) is 5.91 Å². The molecule has 1 aliphatic heterocycles. The third-order valence-corrected chi connectivity index (χ3v) is 2.86. The molecule has 0 radical (unpaired) electrons. The molecule has 1 amide bonds. The number of methoxy groups -OCH3 is 1. The Hall–Kier alpha value is -1.26. The first-order chi connectivity index (χ1) is 8.20. The largest absolute Gasteiger partial charge is 0.493 e. The molecule has 1 atom stereocenters. The molecular weight excluding hydrogens is 242 g/mol. The van der Waals surface area contributed by atoms with Gasteiger partial charge in [-0.25, -0.2) is 0 Å². The van der Waals surface area contributed by atoms with Crippen LogP contribution >= 0.6 is 11.6 Å². The Morgan fingerprint density at radius 2 is 2.47 bits per heavy atom. The molecule has 92 valence electrons. The summed E-state index contributed by atoms with van der Waals surface area (Å²) in [6.07, 6.45) is 0.739. The minimum atomic E-state index is -0.134. The van der Waals surface area contributed by atoms with Crippen molar-refractivity contribution in [2.24, 2.45) is 0 Å². The number of amides is 1. The number of benzene rings is 1. The van der Waals surface area contributed by atoms with Crippen molar-refractivity contribution < 1.29 is 14.3 Å². The fourth-order valence-electron chi connectivity index (χ4n) is 1.88. The van der Waals surface area contributed by atoms with Gasteiger partial charge >= 0.3 is 0 Å². The zero-order valence-corrected chi connectivity index (χ0v) is 10.3. The maximum atomic E-state index is 11.5. The Balaban J connectivity index is 2.16. The van der Waals surface area contributed by atoms with Crippen molar-refractivity contribution in [2.45, 2.75) is 12.5 Å². The van der Waals surface area contributed by atoms with Crippen LogP contribution in [0.5, 0.6) is 5.75 Å². The van der Waals surface area contributed by atoms with Gasteiger partial charge in [-0.15, -0.1) is 0 Å². The van der Waals surface area contributed by atoms with Crippen molar-refractivity contribution >= 4 is 17.5 Å². The molecule has 5 heteroatoms. The lowest BCUT2D eigenvalue weighted by Gasteiger charge is -2.26. The molecule has 0 saturated carbocycles. The van der Waals surface area contributed by atoms with E-state index in [4.69, 9.17) is 21.1 Å². The van der Waals surface area contributed by atoms with Crippen LogP contribution in [0.25, 0.3) is 0 Å². The number of hydrogen-bond acceptors (Lipinski definition) is 3. The SMILES string of the molecule is COCC(=O)NC1CCOc2ccc(Cl)cc21. The van der Waals surface area contributed by atoms with E-state index in [1.54, 1.807) is 6.07 Å². The lowest BCUT2D eigenvalue weighted by atomic mass is 10.0. The van der Waals surface area contributed by atoms with Crippen LogP contribution in [-0.2, 0) is 9.53 Å². The summed E-state index contributed by atoms with van der Waals surface area (Å²) < 4.78 is 10.3. The predicted molar refractivity (Wildman–Crippen MR) is 64.3 cm³/mol. The molecule has 2 rings (SSSR count). The van der Waals surface area contributed by atoms with Gasteiger partial charge < -0.3 is 14.8 Å². The maximum Gasteiger partial charge on any atom is 0.246 e. The monoisotopic (exact) mass is 255 g/mol. The van der Waals surface area contributed by atoms with Crippen molar-refractivity contribution in [1.29, 1.82) is 0 Å². The van der Waals surface area contributed by atoms with Crippen LogP contribution in [0, 0.1) is 0 Å². The lowest BCUT2D eigenvalue weighted by Crippen LogP contribution is -2.34. The van der Waals surface area contributed by atoms with Gasteiger partial charge in [0.05, 0.1) is 12.6 Å². The van der Waals surface area contributed by atoms with Crippen LogP contribution in [-0.4, -0.2) is 26.2 Å². The summed E-state index contributed by atoms with van der Waals surface area (Å²) in [6.45, 7) is 0.653. The lowest BCUT2D eigenvalue weighted by molar-refractivity contribution is -0.125. The van der Waals surface area contributed by atoms with Crippen LogP contribution in [0.3, 0.4) is 0 Å². The summed E-state index contributed by atoms with van der Waals surface area (Å²) in [5.74, 6) is 0.647. The molecule has 1 aromatic carbocycles. The second kappa shape index (κ2) is 5.38. The summed E-state index contributed by atoms with van der Waals surface area (Å²) in [7, 11) is 1.49. The number of fused-ring (bicyclic) bond motifs is 1. The standard InChI is InChI=1S/C12H14ClNO3/c1-16-7-12(15)14-10-4-5-17-11-3-2-8(13)6-9(10)11/h2-3,6,10H,4-5,7H2,1H3,(H,14,15). The molecule has 0 saturated heterocycles. The van der Waals surface area contributed by atoms with E-state index in [0.717, 1.165) is 17.7 Å². The number of halogens is 1. The quantitative estimate of drug-likeness (QED) is 0.898. The van der Waals surface area contributed by atoms with Crippen LogP contribution in [0.2, 0.25) is 5.02 Å². The second-order valence-corrected chi connectivity index (χ2v) is 4.31. The van der Waals surface area contributed by atoms with E-state index in [1.807, 2.05) is 12.1 Å². The van der Waals surface area contributed by atoms with Gasteiger partial charge in [-0.3, -0.25) is 4.79 Å². The van der Waals surface area contributed by atoms with Crippen LogP contribution in [0.1, 0.15) is 18.0 Å². The second-order valence-electron chi connectivity index (χ2n) is 3.87. The van der Waals surface area contributed by atoms with Gasteiger partial charge in [0.15, 0.2) is 0 Å². The first kappa shape index (κ1) is 12.2. The van der Waals surface area contributed by atoms with Gasteiger partial charge in [0.25, 0.3) is 0 Å². The first-order valence-electron chi connectivity index (χ1n) is 5.41. The molecule has 0 aromatic heterocycles. The zero-order chi connectivity index (χ0) is 12.3. The number of hydrogen-bond donors (Lipinski definition) is 1. The van der Waals surface area contributed by atoms with Crippen molar-refractivity contribution in [1.82, 2.24) is 5.32 Å². The summed E-state index contributed by atoms with van der Waals surface area (Å²) in [5.41, 5.74) is 0.924. The molecule has 17 heavy (non-hydrogen) atoms. The molecule has 1 aliphatic rings. The normalized spacial score (nSPS) is 18.1. The topological polar surface area (TPSA) is 47.6 Å². The van der Waals surface area contributed by atoms with Gasteiger partial charge in [0, 0.05) is 24.1 Å². The van der Waals surface area contributed by atoms with Crippen LogP contribution in [0.4, 0.5) is 0 Å². The van der Waals surface area contributed by atoms with Crippen molar-refractivity contribution in [3.63, 3.8) is 0 Å². The van der Waals surface area contributed by atoms with E-state index in [0.29, 0.717) is 11.6 Å². The fraction of sp³-hybridized carbons (Fsp3) is 0.417. The van der Waals surface area contributed by atoms with Crippen molar-refractivity contribution in [2.75, 3.05) is 20.3 Å². The number of carbonyl (C=O) groups is 1. The van der Waals surface area contributed by atoms with Crippen molar-refractivity contribution in [3.05, 3.63) is 28.8 Å². The Bertz CT molecular complexity index is 422. The smallest absolute Gasteiger partial charge is 0.246 e. The highest BCUT2D eigenvalue weighted by atomic mass is 35.5. The van der Waals surface area contributed by atoms with Gasteiger partial charge in [-0.05, 0) is 18.2 Å². The third-order valence-electron chi connectivity index (χ3n) is 2.62. The van der Waals surface area contributed by atoms with E-state index in [1.165, 1.54) is 7.11 Å². The van der Waals surface area contributed by atoms with E-state index in [9.17, 15) is 4.79 Å². The summed E-state index contributed by atoms with van der Waals surface area (Å²) in [6, 6.07) is 5.37. The molecule has 1 heterocycles. The fourth-order valence-corrected chi connectivity index (χ4v) is 2.06. The number of carbonyl (C=O) groups excluding carboxylic acids is 1. The van der Waals surface area contributed by atoms with Gasteiger partial charge in [0.1, 0.15) is 12.4 Å².